The molecule has 1 unspecified atom stereocenters. The Morgan fingerprint density at radius 2 is 1.91 bits per heavy atom. The lowest BCUT2D eigenvalue weighted by molar-refractivity contribution is -0.144. The van der Waals surface area contributed by atoms with E-state index in [1.807, 2.05) is 6.92 Å². The minimum Gasteiger partial charge on any atom is -0.490 e. The fraction of sp³-hybridized carbons (Fsp3) is 0.227. The van der Waals surface area contributed by atoms with Crippen molar-refractivity contribution in [2.75, 3.05) is 6.61 Å². The van der Waals surface area contributed by atoms with E-state index in [1.54, 1.807) is 31.2 Å². The van der Waals surface area contributed by atoms with E-state index < -0.39 is 28.0 Å². The fourth-order valence-electron chi connectivity index (χ4n) is 2.81. The maximum absolute atomic E-state index is 12.9. The number of benzene rings is 2. The number of aliphatic carboxylic acids is 1. The molecule has 0 aliphatic carbocycles. The molecule has 0 spiro atoms. The van der Waals surface area contributed by atoms with Gasteiger partial charge in [-0.05, 0) is 56.7 Å². The Balaban J connectivity index is 1.83. The van der Waals surface area contributed by atoms with Crippen LogP contribution in [-0.4, -0.2) is 47.4 Å². The molecule has 1 aliphatic heterocycles. The molecule has 2 aromatic rings. The standard InChI is InChI=1S/C22H22N2O7S3/c1-4-30-18-11-15(7-10-17(18)31-14(3)21(26)27)12-19-20(25)24(22(32)33-19)23-34(28,29)16-8-5-13(2)6-9-16/h5-12,14,23H,4H2,1-3H3,(H,26,27)/b19-12+. The van der Waals surface area contributed by atoms with Crippen LogP contribution in [0.15, 0.2) is 52.3 Å². The van der Waals surface area contributed by atoms with Gasteiger partial charge in [-0.2, -0.15) is 0 Å². The number of carboxylic acid groups (broad SMARTS) is 1. The van der Waals surface area contributed by atoms with Gasteiger partial charge >= 0.3 is 5.97 Å². The highest BCUT2D eigenvalue weighted by Gasteiger charge is 2.35. The molecule has 1 atom stereocenters. The molecule has 1 saturated heterocycles. The molecule has 180 valence electrons. The molecule has 1 amide bonds. The Morgan fingerprint density at radius 3 is 2.53 bits per heavy atom. The largest absolute Gasteiger partial charge is 0.490 e. The second-order valence-electron chi connectivity index (χ2n) is 7.16. The molecule has 3 rings (SSSR count). The zero-order valence-electron chi connectivity index (χ0n) is 18.5. The number of thioether (sulfide) groups is 1. The molecule has 1 heterocycles. The minimum atomic E-state index is -4.02. The van der Waals surface area contributed by atoms with E-state index in [9.17, 15) is 18.0 Å². The number of hydrogen-bond acceptors (Lipinski definition) is 8. The number of nitrogens with one attached hydrogen (secondary N) is 1. The van der Waals surface area contributed by atoms with Crippen LogP contribution in [0.4, 0.5) is 0 Å². The number of amides is 1. The van der Waals surface area contributed by atoms with Crippen molar-refractivity contribution in [2.24, 2.45) is 0 Å². The summed E-state index contributed by atoms with van der Waals surface area (Å²) in [5.74, 6) is -1.20. The van der Waals surface area contributed by atoms with Gasteiger partial charge in [-0.3, -0.25) is 4.79 Å². The Kier molecular flexibility index (Phi) is 7.97. The van der Waals surface area contributed by atoms with Crippen LogP contribution in [0.5, 0.6) is 11.5 Å². The Hall–Kier alpha value is -2.93. The average molecular weight is 523 g/mol. The first-order valence-electron chi connectivity index (χ1n) is 10.0. The highest BCUT2D eigenvalue weighted by molar-refractivity contribution is 8.26. The summed E-state index contributed by atoms with van der Waals surface area (Å²) >= 11 is 6.15. The molecule has 2 aromatic carbocycles. The number of ether oxygens (including phenoxy) is 2. The molecule has 0 bridgehead atoms. The topological polar surface area (TPSA) is 122 Å². The van der Waals surface area contributed by atoms with Gasteiger partial charge < -0.3 is 14.6 Å². The van der Waals surface area contributed by atoms with Gasteiger partial charge in [0.05, 0.1) is 16.4 Å². The number of hydrazine groups is 1. The number of nitrogens with zero attached hydrogens (tertiary/aromatic N) is 1. The Labute approximate surface area is 206 Å². The lowest BCUT2D eigenvalue weighted by atomic mass is 10.2. The smallest absolute Gasteiger partial charge is 0.344 e. The van der Waals surface area contributed by atoms with Gasteiger partial charge in [0.15, 0.2) is 21.9 Å². The molecule has 1 fully saturated rings. The van der Waals surface area contributed by atoms with Crippen molar-refractivity contribution in [2.45, 2.75) is 31.8 Å². The maximum Gasteiger partial charge on any atom is 0.344 e. The Bertz CT molecular complexity index is 1260. The van der Waals surface area contributed by atoms with E-state index in [0.717, 1.165) is 22.3 Å². The SMILES string of the molecule is CCOc1cc(/C=C2/SC(=S)N(NS(=O)(=O)c3ccc(C)cc3)C2=O)ccc1OC(C)C(=O)O. The molecular weight excluding hydrogens is 500 g/mol. The number of carbonyl (C=O) groups is 2. The average Bonchev–Trinajstić information content (AvgIpc) is 3.02. The number of carboxylic acids is 1. The number of rotatable bonds is 9. The lowest BCUT2D eigenvalue weighted by Crippen LogP contribution is -2.44. The normalized spacial score (nSPS) is 16.1. The third-order valence-electron chi connectivity index (χ3n) is 4.55. The summed E-state index contributed by atoms with van der Waals surface area (Å²) in [5.41, 5.74) is 1.45. The summed E-state index contributed by atoms with van der Waals surface area (Å²) < 4.78 is 36.4. The van der Waals surface area contributed by atoms with E-state index in [4.69, 9.17) is 26.8 Å². The summed E-state index contributed by atoms with van der Waals surface area (Å²) in [4.78, 5) is 26.4. The van der Waals surface area contributed by atoms with Gasteiger partial charge in [-0.15, -0.1) is 4.83 Å². The quantitative estimate of drug-likeness (QED) is 0.377. The summed E-state index contributed by atoms with van der Waals surface area (Å²) in [5, 5.41) is 9.89. The maximum atomic E-state index is 12.9. The van der Waals surface area contributed by atoms with Crippen LogP contribution < -0.4 is 14.3 Å². The van der Waals surface area contributed by atoms with E-state index in [2.05, 4.69) is 4.83 Å². The highest BCUT2D eigenvalue weighted by atomic mass is 32.2. The summed E-state index contributed by atoms with van der Waals surface area (Å²) in [6, 6.07) is 10.9. The third kappa shape index (κ3) is 5.95. The van der Waals surface area contributed by atoms with Crippen molar-refractivity contribution in [3.8, 4) is 11.5 Å². The molecular formula is C22H22N2O7S3. The van der Waals surface area contributed by atoms with Gasteiger partial charge in [-0.1, -0.05) is 47.7 Å². The van der Waals surface area contributed by atoms with Crippen LogP contribution in [0.3, 0.4) is 0 Å². The van der Waals surface area contributed by atoms with Crippen LogP contribution in [-0.2, 0) is 19.6 Å². The van der Waals surface area contributed by atoms with Crippen molar-refractivity contribution in [3.63, 3.8) is 0 Å². The van der Waals surface area contributed by atoms with E-state index in [-0.39, 0.29) is 19.9 Å². The Morgan fingerprint density at radius 1 is 1.24 bits per heavy atom. The first kappa shape index (κ1) is 25.7. The predicted octanol–water partition coefficient (Wildman–Crippen LogP) is 3.34. The zero-order chi connectivity index (χ0) is 25.0. The highest BCUT2D eigenvalue weighted by Crippen LogP contribution is 2.35. The molecule has 1 aliphatic rings. The number of carbonyl (C=O) groups excluding carboxylic acids is 1. The zero-order valence-corrected chi connectivity index (χ0v) is 20.9. The van der Waals surface area contributed by atoms with Gasteiger partial charge in [0.25, 0.3) is 15.9 Å². The minimum absolute atomic E-state index is 0.00339. The molecule has 34 heavy (non-hydrogen) atoms. The van der Waals surface area contributed by atoms with Gasteiger partial charge in [0, 0.05) is 0 Å². The molecule has 0 aromatic heterocycles. The van der Waals surface area contributed by atoms with E-state index >= 15 is 0 Å². The van der Waals surface area contributed by atoms with Gasteiger partial charge in [-0.25, -0.2) is 18.2 Å². The molecule has 2 N–H and O–H groups in total. The van der Waals surface area contributed by atoms with Gasteiger partial charge in [0.2, 0.25) is 0 Å². The second-order valence-corrected chi connectivity index (χ2v) is 10.5. The van der Waals surface area contributed by atoms with Crippen LogP contribution in [0, 0.1) is 6.92 Å². The van der Waals surface area contributed by atoms with Gasteiger partial charge in [0.1, 0.15) is 0 Å². The predicted molar refractivity (Wildman–Crippen MR) is 132 cm³/mol. The van der Waals surface area contributed by atoms with E-state index in [1.165, 1.54) is 31.2 Å². The number of hydrogen-bond donors (Lipinski definition) is 2. The van der Waals surface area contributed by atoms with Crippen LogP contribution >= 0.6 is 24.0 Å². The monoisotopic (exact) mass is 522 g/mol. The summed E-state index contributed by atoms with van der Waals surface area (Å²) in [7, 11) is -4.02. The molecule has 0 saturated carbocycles. The molecule has 9 nitrogen and oxygen atoms in total. The second kappa shape index (κ2) is 10.6. The molecule has 12 heteroatoms. The van der Waals surface area contributed by atoms with Crippen molar-refractivity contribution in [1.82, 2.24) is 9.84 Å². The van der Waals surface area contributed by atoms with Crippen molar-refractivity contribution in [3.05, 3.63) is 58.5 Å². The number of sulfonamides is 1. The van der Waals surface area contributed by atoms with Crippen molar-refractivity contribution >= 4 is 56.3 Å². The van der Waals surface area contributed by atoms with Crippen molar-refractivity contribution in [1.29, 1.82) is 0 Å². The lowest BCUT2D eigenvalue weighted by Gasteiger charge is -2.16. The fourth-order valence-corrected chi connectivity index (χ4v) is 5.12. The van der Waals surface area contributed by atoms with Crippen LogP contribution in [0.1, 0.15) is 25.0 Å². The first-order valence-corrected chi connectivity index (χ1v) is 12.8. The van der Waals surface area contributed by atoms with Crippen molar-refractivity contribution < 1.29 is 32.6 Å². The molecule has 0 radical (unpaired) electrons. The number of thiocarbonyl (C=S) groups is 1. The summed E-state index contributed by atoms with van der Waals surface area (Å²) in [6.07, 6.45) is 0.453. The number of aryl methyl sites for hydroxylation is 1. The van der Waals surface area contributed by atoms with Crippen LogP contribution in [0.25, 0.3) is 6.08 Å². The summed E-state index contributed by atoms with van der Waals surface area (Å²) in [6.45, 7) is 5.31. The van der Waals surface area contributed by atoms with Crippen LogP contribution in [0.2, 0.25) is 0 Å². The van der Waals surface area contributed by atoms with E-state index in [0.29, 0.717) is 17.9 Å². The third-order valence-corrected chi connectivity index (χ3v) is 7.17. The first-order chi connectivity index (χ1) is 16.0.